The number of aryl methyl sites for hydroxylation is 1. The summed E-state index contributed by atoms with van der Waals surface area (Å²) in [5, 5.41) is 10.6. The molecule has 0 saturated carbocycles. The van der Waals surface area contributed by atoms with Crippen LogP contribution in [0.15, 0.2) is 34.6 Å². The Bertz CT molecular complexity index is 639. The lowest BCUT2D eigenvalue weighted by molar-refractivity contribution is 0.683. The largest absolute Gasteiger partial charge is 0.351 e. The van der Waals surface area contributed by atoms with E-state index in [-0.39, 0.29) is 6.04 Å². The predicted octanol–water partition coefficient (Wildman–Crippen LogP) is 3.79. The molecule has 1 heterocycles. The van der Waals surface area contributed by atoms with Crippen LogP contribution in [0.1, 0.15) is 36.2 Å². The van der Waals surface area contributed by atoms with Crippen LogP contribution in [0.4, 0.5) is 0 Å². The van der Waals surface area contributed by atoms with Crippen molar-refractivity contribution in [1.29, 1.82) is 0 Å². The maximum absolute atomic E-state index is 6.04. The topological polar surface area (TPSA) is 49.3 Å². The van der Waals surface area contributed by atoms with Gasteiger partial charge in [-0.15, -0.1) is 11.3 Å². The average Bonchev–Trinajstić information content (AvgIpc) is 2.99. The van der Waals surface area contributed by atoms with Gasteiger partial charge < -0.3 is 10.6 Å². The minimum Gasteiger partial charge on any atom is -0.351 e. The summed E-state index contributed by atoms with van der Waals surface area (Å²) in [6, 6.07) is 7.95. The van der Waals surface area contributed by atoms with Gasteiger partial charge in [-0.3, -0.25) is 4.99 Å². The number of hydrogen-bond acceptors (Lipinski definition) is 3. The summed E-state index contributed by atoms with van der Waals surface area (Å²) < 4.78 is 0. The van der Waals surface area contributed by atoms with E-state index in [9.17, 15) is 0 Å². The molecule has 1 unspecified atom stereocenters. The predicted molar refractivity (Wildman–Crippen MR) is 94.7 cm³/mol. The first-order chi connectivity index (χ1) is 10.6. The van der Waals surface area contributed by atoms with Crippen molar-refractivity contribution in [2.45, 2.75) is 32.9 Å². The van der Waals surface area contributed by atoms with Crippen molar-refractivity contribution in [3.63, 3.8) is 0 Å². The van der Waals surface area contributed by atoms with Crippen LogP contribution >= 0.6 is 22.9 Å². The van der Waals surface area contributed by atoms with Crippen molar-refractivity contribution in [2.24, 2.45) is 4.99 Å². The number of hydrogen-bond donors (Lipinski definition) is 2. The number of halogens is 1. The van der Waals surface area contributed by atoms with E-state index in [4.69, 9.17) is 11.6 Å². The third kappa shape index (κ3) is 4.71. The highest BCUT2D eigenvalue weighted by Crippen LogP contribution is 2.17. The Hall–Kier alpha value is -1.59. The maximum atomic E-state index is 6.04. The van der Waals surface area contributed by atoms with Crippen molar-refractivity contribution >= 4 is 28.9 Å². The van der Waals surface area contributed by atoms with Gasteiger partial charge in [0, 0.05) is 17.5 Å². The van der Waals surface area contributed by atoms with Crippen LogP contribution in [0.25, 0.3) is 0 Å². The first-order valence-corrected chi connectivity index (χ1v) is 8.54. The molecule has 0 radical (unpaired) electrons. The molecule has 0 fully saturated rings. The van der Waals surface area contributed by atoms with Gasteiger partial charge in [0.05, 0.1) is 23.3 Å². The van der Waals surface area contributed by atoms with E-state index in [1.807, 2.05) is 24.3 Å². The minimum absolute atomic E-state index is 0.117. The Morgan fingerprint density at radius 2 is 2.27 bits per heavy atom. The van der Waals surface area contributed by atoms with Gasteiger partial charge >= 0.3 is 0 Å². The smallest absolute Gasteiger partial charge is 0.191 e. The molecular weight excluding hydrogens is 316 g/mol. The van der Waals surface area contributed by atoms with Crippen LogP contribution in [0.2, 0.25) is 5.02 Å². The Morgan fingerprint density at radius 1 is 1.45 bits per heavy atom. The molecule has 0 saturated heterocycles. The van der Waals surface area contributed by atoms with Gasteiger partial charge in [-0.2, -0.15) is 0 Å². The molecule has 0 amide bonds. The van der Waals surface area contributed by atoms with Gasteiger partial charge in [0.25, 0.3) is 0 Å². The molecule has 0 spiro atoms. The third-order valence-corrected chi connectivity index (χ3v) is 4.54. The normalized spacial score (nSPS) is 13.0. The molecule has 1 aromatic carbocycles. The standard InChI is InChI=1S/C16H21ClN4S/c1-4-15-21-14(10-22-15)9-19-16(18-3)20-11(2)12-6-5-7-13(17)8-12/h5-8,10-11H,4,9H2,1-3H3,(H2,18,19,20). The maximum Gasteiger partial charge on any atom is 0.191 e. The zero-order valence-electron chi connectivity index (χ0n) is 13.1. The molecule has 1 atom stereocenters. The minimum atomic E-state index is 0.117. The number of aromatic nitrogens is 1. The quantitative estimate of drug-likeness (QED) is 0.645. The molecule has 1 aromatic heterocycles. The summed E-state index contributed by atoms with van der Waals surface area (Å²) >= 11 is 7.73. The first kappa shape index (κ1) is 16.8. The molecule has 118 valence electrons. The molecule has 2 aromatic rings. The zero-order chi connectivity index (χ0) is 15.9. The fourth-order valence-electron chi connectivity index (χ4n) is 2.03. The second-order valence-corrected chi connectivity index (χ2v) is 6.31. The third-order valence-electron chi connectivity index (χ3n) is 3.26. The summed E-state index contributed by atoms with van der Waals surface area (Å²) in [6.07, 6.45) is 0.976. The lowest BCUT2D eigenvalue weighted by Gasteiger charge is -2.18. The number of aliphatic imine (C=N–C) groups is 1. The van der Waals surface area contributed by atoms with Crippen molar-refractivity contribution in [2.75, 3.05) is 7.05 Å². The van der Waals surface area contributed by atoms with Crippen molar-refractivity contribution in [1.82, 2.24) is 15.6 Å². The Balaban J connectivity index is 1.92. The molecule has 4 nitrogen and oxygen atoms in total. The molecule has 22 heavy (non-hydrogen) atoms. The van der Waals surface area contributed by atoms with Crippen molar-refractivity contribution in [3.8, 4) is 0 Å². The van der Waals surface area contributed by atoms with E-state index < -0.39 is 0 Å². The fraction of sp³-hybridized carbons (Fsp3) is 0.375. The van der Waals surface area contributed by atoms with Gasteiger partial charge in [0.15, 0.2) is 5.96 Å². The number of rotatable bonds is 5. The molecule has 2 N–H and O–H groups in total. The molecule has 0 aliphatic carbocycles. The number of nitrogens with one attached hydrogen (secondary N) is 2. The summed E-state index contributed by atoms with van der Waals surface area (Å²) in [4.78, 5) is 8.79. The summed E-state index contributed by atoms with van der Waals surface area (Å²) in [7, 11) is 1.76. The number of benzene rings is 1. The monoisotopic (exact) mass is 336 g/mol. The van der Waals surface area contributed by atoms with E-state index in [0.29, 0.717) is 6.54 Å². The molecule has 2 rings (SSSR count). The highest BCUT2D eigenvalue weighted by atomic mass is 35.5. The average molecular weight is 337 g/mol. The van der Waals surface area contributed by atoms with Crippen LogP contribution < -0.4 is 10.6 Å². The highest BCUT2D eigenvalue weighted by molar-refractivity contribution is 7.09. The number of nitrogens with zero attached hydrogens (tertiary/aromatic N) is 2. The van der Waals surface area contributed by atoms with Crippen molar-refractivity contribution < 1.29 is 0 Å². The fourth-order valence-corrected chi connectivity index (χ4v) is 2.97. The van der Waals surface area contributed by atoms with E-state index >= 15 is 0 Å². The molecule has 6 heteroatoms. The van der Waals surface area contributed by atoms with Gasteiger partial charge in [-0.05, 0) is 31.0 Å². The van der Waals surface area contributed by atoms with E-state index in [1.165, 1.54) is 0 Å². The zero-order valence-corrected chi connectivity index (χ0v) is 14.6. The Morgan fingerprint density at radius 3 is 2.91 bits per heavy atom. The van der Waals surface area contributed by atoms with Crippen LogP contribution in [0.3, 0.4) is 0 Å². The van der Waals surface area contributed by atoms with Gasteiger partial charge in [-0.1, -0.05) is 30.7 Å². The van der Waals surface area contributed by atoms with Crippen LogP contribution in [0.5, 0.6) is 0 Å². The lowest BCUT2D eigenvalue weighted by atomic mass is 10.1. The molecular formula is C16H21ClN4S. The Kier molecular flexibility index (Phi) is 6.21. The van der Waals surface area contributed by atoms with Gasteiger partial charge in [0.2, 0.25) is 0 Å². The second kappa shape index (κ2) is 8.15. The van der Waals surface area contributed by atoms with Crippen LogP contribution in [-0.2, 0) is 13.0 Å². The Labute approximate surface area is 140 Å². The van der Waals surface area contributed by atoms with E-state index in [2.05, 4.69) is 39.8 Å². The highest BCUT2D eigenvalue weighted by Gasteiger charge is 2.08. The molecule has 0 aliphatic rings. The molecule has 0 bridgehead atoms. The SMILES string of the molecule is CCc1nc(CNC(=NC)NC(C)c2cccc(Cl)c2)cs1. The van der Waals surface area contributed by atoms with Crippen LogP contribution in [-0.4, -0.2) is 18.0 Å². The van der Waals surface area contributed by atoms with E-state index in [0.717, 1.165) is 33.7 Å². The number of thiazole rings is 1. The lowest BCUT2D eigenvalue weighted by Crippen LogP contribution is -2.38. The van der Waals surface area contributed by atoms with Gasteiger partial charge in [0.1, 0.15) is 0 Å². The number of guanidine groups is 1. The van der Waals surface area contributed by atoms with Crippen LogP contribution in [0, 0.1) is 0 Å². The summed E-state index contributed by atoms with van der Waals surface area (Å²) in [6.45, 7) is 4.86. The van der Waals surface area contributed by atoms with Gasteiger partial charge in [-0.25, -0.2) is 4.98 Å². The van der Waals surface area contributed by atoms with E-state index in [1.54, 1.807) is 18.4 Å². The van der Waals surface area contributed by atoms with Crippen molar-refractivity contribution in [3.05, 3.63) is 50.9 Å². The first-order valence-electron chi connectivity index (χ1n) is 7.28. The second-order valence-electron chi connectivity index (χ2n) is 4.93. The summed E-state index contributed by atoms with van der Waals surface area (Å²) in [5.41, 5.74) is 2.16. The summed E-state index contributed by atoms with van der Waals surface area (Å²) in [5.74, 6) is 0.749. The molecule has 0 aliphatic heterocycles.